The van der Waals surface area contributed by atoms with E-state index in [1.54, 1.807) is 27.9 Å². The summed E-state index contributed by atoms with van der Waals surface area (Å²) in [6.45, 7) is 6.71. The van der Waals surface area contributed by atoms with E-state index >= 15 is 0 Å². The minimum atomic E-state index is -3.78. The van der Waals surface area contributed by atoms with Gasteiger partial charge in [0.1, 0.15) is 6.04 Å². The molecule has 1 unspecified atom stereocenters. The quantitative estimate of drug-likeness (QED) is 0.534. The minimum absolute atomic E-state index is 0.0698. The van der Waals surface area contributed by atoms with Gasteiger partial charge in [0.15, 0.2) is 0 Å². The molecular formula is C28H35N7O3S. The fraction of sp³-hybridized carbons (Fsp3) is 0.536. The molecule has 1 aromatic heterocycles. The average Bonchev–Trinajstić information content (AvgIpc) is 3.56. The Hall–Kier alpha value is -3.20. The van der Waals surface area contributed by atoms with Crippen molar-refractivity contribution in [3.05, 3.63) is 41.7 Å². The van der Waals surface area contributed by atoms with Crippen LogP contribution >= 0.6 is 0 Å². The SMILES string of the molecule is CC(NS(=O)(=O)c1ccc2c(c1)C(=O)N(Cc1cnn(C)c1)C1=NC[C@@H](C#CC3(C)CCNCC3)N12)C1CC1. The highest BCUT2D eigenvalue weighted by Gasteiger charge is 2.42. The molecule has 0 radical (unpaired) electrons. The van der Waals surface area contributed by atoms with Crippen molar-refractivity contribution in [2.75, 3.05) is 24.5 Å². The zero-order valence-electron chi connectivity index (χ0n) is 22.6. The summed E-state index contributed by atoms with van der Waals surface area (Å²) in [5.74, 6) is 7.64. The molecular weight excluding hydrogens is 514 g/mol. The van der Waals surface area contributed by atoms with Gasteiger partial charge in [-0.3, -0.25) is 19.3 Å². The number of nitrogens with one attached hydrogen (secondary N) is 2. The normalized spacial score (nSPS) is 23.0. The predicted octanol–water partition coefficient (Wildman–Crippen LogP) is 2.09. The van der Waals surface area contributed by atoms with Crippen LogP contribution < -0.4 is 14.9 Å². The number of anilines is 1. The van der Waals surface area contributed by atoms with E-state index in [4.69, 9.17) is 4.99 Å². The van der Waals surface area contributed by atoms with Crippen molar-refractivity contribution < 1.29 is 13.2 Å². The first-order chi connectivity index (χ1) is 18.6. The Morgan fingerprint density at radius 2 is 2.03 bits per heavy atom. The van der Waals surface area contributed by atoms with Crippen LogP contribution in [0.4, 0.5) is 5.69 Å². The van der Waals surface area contributed by atoms with Gasteiger partial charge in [-0.1, -0.05) is 11.8 Å². The van der Waals surface area contributed by atoms with Gasteiger partial charge in [-0.2, -0.15) is 5.10 Å². The summed E-state index contributed by atoms with van der Waals surface area (Å²) in [7, 11) is -1.95. The van der Waals surface area contributed by atoms with Crippen molar-refractivity contribution in [2.24, 2.45) is 23.4 Å². The molecule has 0 spiro atoms. The van der Waals surface area contributed by atoms with Crippen LogP contribution in [-0.4, -0.2) is 66.7 Å². The summed E-state index contributed by atoms with van der Waals surface area (Å²) < 4.78 is 31.0. The number of piperidine rings is 1. The second kappa shape index (κ2) is 9.77. The number of hydrogen-bond donors (Lipinski definition) is 2. The van der Waals surface area contributed by atoms with Gasteiger partial charge in [0.05, 0.1) is 35.4 Å². The Morgan fingerprint density at radius 3 is 2.72 bits per heavy atom. The van der Waals surface area contributed by atoms with E-state index < -0.39 is 10.0 Å². The van der Waals surface area contributed by atoms with Gasteiger partial charge >= 0.3 is 0 Å². The molecule has 206 valence electrons. The van der Waals surface area contributed by atoms with Crippen LogP contribution in [0, 0.1) is 23.2 Å². The fourth-order valence-corrected chi connectivity index (χ4v) is 6.95. The number of carbonyl (C=O) groups is 1. The van der Waals surface area contributed by atoms with Crippen molar-refractivity contribution >= 4 is 27.6 Å². The molecule has 0 bridgehead atoms. The van der Waals surface area contributed by atoms with Crippen molar-refractivity contribution in [2.45, 2.75) is 63.1 Å². The average molecular weight is 550 g/mol. The van der Waals surface area contributed by atoms with Gasteiger partial charge in [-0.25, -0.2) is 18.1 Å². The molecule has 6 rings (SSSR count). The van der Waals surface area contributed by atoms with Crippen molar-refractivity contribution in [3.63, 3.8) is 0 Å². The van der Waals surface area contributed by atoms with E-state index in [1.807, 2.05) is 25.1 Å². The summed E-state index contributed by atoms with van der Waals surface area (Å²) in [6, 6.07) is 4.43. The molecule has 2 atom stereocenters. The van der Waals surface area contributed by atoms with Crippen LogP contribution in [0.5, 0.6) is 0 Å². The number of aryl methyl sites for hydroxylation is 1. The van der Waals surface area contributed by atoms with Crippen LogP contribution in [0.15, 0.2) is 40.5 Å². The maximum Gasteiger partial charge on any atom is 0.263 e. The maximum atomic E-state index is 13.9. The lowest BCUT2D eigenvalue weighted by atomic mass is 9.81. The highest BCUT2D eigenvalue weighted by molar-refractivity contribution is 7.89. The number of aromatic nitrogens is 2. The summed E-state index contributed by atoms with van der Waals surface area (Å²) in [5, 5.41) is 7.64. The number of sulfonamides is 1. The lowest BCUT2D eigenvalue weighted by Gasteiger charge is -2.37. The number of fused-ring (bicyclic) bond motifs is 3. The third-order valence-electron chi connectivity index (χ3n) is 8.20. The van der Waals surface area contributed by atoms with Crippen molar-refractivity contribution in [1.82, 2.24) is 24.7 Å². The smallest absolute Gasteiger partial charge is 0.263 e. The number of nitrogens with zero attached hydrogens (tertiary/aromatic N) is 5. The molecule has 4 heterocycles. The number of guanidine groups is 1. The number of amides is 1. The maximum absolute atomic E-state index is 13.9. The van der Waals surface area contributed by atoms with Gasteiger partial charge in [0.25, 0.3) is 5.91 Å². The summed E-state index contributed by atoms with van der Waals surface area (Å²) in [5.41, 5.74) is 1.77. The molecule has 1 aliphatic carbocycles. The first kappa shape index (κ1) is 26.0. The second-order valence-electron chi connectivity index (χ2n) is 11.4. The summed E-state index contributed by atoms with van der Waals surface area (Å²) >= 11 is 0. The van der Waals surface area contributed by atoms with E-state index in [1.165, 1.54) is 6.07 Å². The zero-order chi connectivity index (χ0) is 27.4. The van der Waals surface area contributed by atoms with Gasteiger partial charge in [0, 0.05) is 30.3 Å². The highest BCUT2D eigenvalue weighted by atomic mass is 32.2. The third kappa shape index (κ3) is 5.09. The molecule has 10 nitrogen and oxygen atoms in total. The Kier molecular flexibility index (Phi) is 6.52. The molecule has 39 heavy (non-hydrogen) atoms. The predicted molar refractivity (Wildman–Crippen MR) is 149 cm³/mol. The van der Waals surface area contributed by atoms with Gasteiger partial charge < -0.3 is 5.32 Å². The standard InChI is InChI=1S/C28H35N7O3S/c1-19(21-4-5-21)32-39(37,38)23-6-7-25-24(14-23)26(36)34(18-20-15-31-33(3)17-20)27-30-16-22(35(25)27)8-9-28(2)10-12-29-13-11-28/h6-7,14-15,17,19,21-22,29,32H,4-5,10-13,16,18H2,1-3H3/t19?,22-/m1/s1. The Morgan fingerprint density at radius 1 is 1.26 bits per heavy atom. The number of benzene rings is 1. The van der Waals surface area contributed by atoms with Crippen molar-refractivity contribution in [3.8, 4) is 11.8 Å². The van der Waals surface area contributed by atoms with E-state index in [2.05, 4.69) is 33.9 Å². The van der Waals surface area contributed by atoms with Crippen LogP contribution in [0.1, 0.15) is 55.5 Å². The first-order valence-electron chi connectivity index (χ1n) is 13.7. The fourth-order valence-electron chi connectivity index (χ4n) is 5.61. The van der Waals surface area contributed by atoms with Crippen LogP contribution in [-0.2, 0) is 23.6 Å². The van der Waals surface area contributed by atoms with Crippen LogP contribution in [0.2, 0.25) is 0 Å². The molecule has 4 aliphatic rings. The highest BCUT2D eigenvalue weighted by Crippen LogP contribution is 2.37. The lowest BCUT2D eigenvalue weighted by Crippen LogP contribution is -2.52. The Balaban J connectivity index is 1.37. The Bertz CT molecular complexity index is 1490. The molecule has 2 N–H and O–H groups in total. The van der Waals surface area contributed by atoms with Gasteiger partial charge in [0.2, 0.25) is 16.0 Å². The third-order valence-corrected chi connectivity index (χ3v) is 9.76. The number of carbonyl (C=O) groups excluding carboxylic acids is 1. The van der Waals surface area contributed by atoms with Crippen LogP contribution in [0.3, 0.4) is 0 Å². The summed E-state index contributed by atoms with van der Waals surface area (Å²) in [6.07, 6.45) is 7.62. The molecule has 11 heteroatoms. The zero-order valence-corrected chi connectivity index (χ0v) is 23.5. The molecule has 1 aromatic carbocycles. The molecule has 2 aromatic rings. The molecule has 1 saturated heterocycles. The molecule has 1 saturated carbocycles. The number of hydrogen-bond acceptors (Lipinski definition) is 7. The van der Waals surface area contributed by atoms with Gasteiger partial charge in [-0.15, -0.1) is 0 Å². The van der Waals surface area contributed by atoms with E-state index in [0.717, 1.165) is 44.3 Å². The van der Waals surface area contributed by atoms with E-state index in [-0.39, 0.29) is 34.8 Å². The number of rotatable bonds is 6. The van der Waals surface area contributed by atoms with Crippen molar-refractivity contribution in [1.29, 1.82) is 0 Å². The van der Waals surface area contributed by atoms with Gasteiger partial charge in [-0.05, 0) is 76.7 Å². The van der Waals surface area contributed by atoms with E-state index in [9.17, 15) is 13.2 Å². The van der Waals surface area contributed by atoms with Crippen LogP contribution in [0.25, 0.3) is 0 Å². The molecule has 3 aliphatic heterocycles. The summed E-state index contributed by atoms with van der Waals surface area (Å²) in [4.78, 5) is 22.4. The van der Waals surface area contributed by atoms with E-state index in [0.29, 0.717) is 29.7 Å². The monoisotopic (exact) mass is 549 g/mol. The minimum Gasteiger partial charge on any atom is -0.317 e. The topological polar surface area (TPSA) is 112 Å². The second-order valence-corrected chi connectivity index (χ2v) is 13.2. The largest absolute Gasteiger partial charge is 0.317 e. The molecule has 2 fully saturated rings. The lowest BCUT2D eigenvalue weighted by molar-refractivity contribution is 0.0833. The molecule has 1 amide bonds. The number of aliphatic imine (C=N–C) groups is 1. The first-order valence-corrected chi connectivity index (χ1v) is 15.1. The Labute approximate surface area is 229 Å².